The second-order valence-corrected chi connectivity index (χ2v) is 9.51. The monoisotopic (exact) mass is 406 g/mol. The molecule has 5 nitrogen and oxygen atoms in total. The second kappa shape index (κ2) is 9.28. The summed E-state index contributed by atoms with van der Waals surface area (Å²) >= 11 is 1.64. The fourth-order valence-electron chi connectivity index (χ4n) is 2.75. The van der Waals surface area contributed by atoms with E-state index >= 15 is 0 Å². The zero-order chi connectivity index (χ0) is 20.0. The highest BCUT2D eigenvalue weighted by molar-refractivity contribution is 7.99. The summed E-state index contributed by atoms with van der Waals surface area (Å²) in [6, 6.07) is 14.7. The first kappa shape index (κ1) is 21.3. The van der Waals surface area contributed by atoms with E-state index in [-0.39, 0.29) is 5.91 Å². The smallest absolute Gasteiger partial charge is 0.243 e. The summed E-state index contributed by atoms with van der Waals surface area (Å²) in [6.07, 6.45) is 1.13. The molecule has 7 heteroatoms. The van der Waals surface area contributed by atoms with E-state index in [2.05, 4.69) is 5.32 Å². The van der Waals surface area contributed by atoms with Crippen molar-refractivity contribution in [2.45, 2.75) is 31.7 Å². The Morgan fingerprint density at radius 3 is 2.44 bits per heavy atom. The molecule has 2 aromatic carbocycles. The highest BCUT2D eigenvalue weighted by atomic mass is 32.2. The minimum absolute atomic E-state index is 0.310. The molecule has 146 valence electrons. The van der Waals surface area contributed by atoms with E-state index in [9.17, 15) is 13.2 Å². The van der Waals surface area contributed by atoms with Crippen LogP contribution in [0, 0.1) is 13.8 Å². The molecule has 2 aromatic rings. The summed E-state index contributed by atoms with van der Waals surface area (Å²) in [6.45, 7) is 5.82. The van der Waals surface area contributed by atoms with Gasteiger partial charge in [0.15, 0.2) is 0 Å². The maximum absolute atomic E-state index is 12.6. The van der Waals surface area contributed by atoms with E-state index in [4.69, 9.17) is 0 Å². The van der Waals surface area contributed by atoms with Crippen LogP contribution < -0.4 is 9.62 Å². The van der Waals surface area contributed by atoms with Gasteiger partial charge in [-0.05, 0) is 50.1 Å². The van der Waals surface area contributed by atoms with Crippen LogP contribution in [0.15, 0.2) is 53.4 Å². The predicted octanol–water partition coefficient (Wildman–Crippen LogP) is 3.37. The number of anilines is 1. The van der Waals surface area contributed by atoms with Gasteiger partial charge in [-0.25, -0.2) is 8.42 Å². The zero-order valence-corrected chi connectivity index (χ0v) is 17.7. The largest absolute Gasteiger partial charge is 0.353 e. The van der Waals surface area contributed by atoms with Crippen molar-refractivity contribution in [3.63, 3.8) is 0 Å². The third kappa shape index (κ3) is 6.01. The molecule has 0 heterocycles. The van der Waals surface area contributed by atoms with Crippen molar-refractivity contribution < 1.29 is 13.2 Å². The number of thioether (sulfide) groups is 1. The molecule has 0 fully saturated rings. The fourth-order valence-corrected chi connectivity index (χ4v) is 4.76. The molecule has 27 heavy (non-hydrogen) atoms. The summed E-state index contributed by atoms with van der Waals surface area (Å²) in [7, 11) is -3.61. The molecule has 0 aliphatic heterocycles. The maximum atomic E-state index is 12.6. The Bertz CT molecular complexity index is 883. The highest BCUT2D eigenvalue weighted by Gasteiger charge is 2.29. The molecule has 0 saturated heterocycles. The van der Waals surface area contributed by atoms with E-state index in [0.717, 1.165) is 22.3 Å². The second-order valence-electron chi connectivity index (χ2n) is 6.48. The van der Waals surface area contributed by atoms with Crippen LogP contribution in [-0.2, 0) is 14.8 Å². The standard InChI is InChI=1S/C20H26N2O3S2/c1-15-10-11-16(2)19(14-15)22(27(4,24)25)17(3)20(23)21-12-13-26-18-8-6-5-7-9-18/h5-11,14,17H,12-13H2,1-4H3,(H,21,23)/t17-/m0/s1. The topological polar surface area (TPSA) is 66.5 Å². The van der Waals surface area contributed by atoms with E-state index in [1.165, 1.54) is 4.31 Å². The van der Waals surface area contributed by atoms with Gasteiger partial charge in [0.2, 0.25) is 15.9 Å². The van der Waals surface area contributed by atoms with Crippen molar-refractivity contribution in [3.05, 3.63) is 59.7 Å². The van der Waals surface area contributed by atoms with Gasteiger partial charge in [-0.2, -0.15) is 0 Å². The van der Waals surface area contributed by atoms with Gasteiger partial charge in [-0.3, -0.25) is 9.10 Å². The number of rotatable bonds is 8. The number of carbonyl (C=O) groups is 1. The summed E-state index contributed by atoms with van der Waals surface area (Å²) in [5.41, 5.74) is 2.29. The van der Waals surface area contributed by atoms with Crippen LogP contribution >= 0.6 is 11.8 Å². The van der Waals surface area contributed by atoms with E-state index in [1.54, 1.807) is 24.8 Å². The van der Waals surface area contributed by atoms with Gasteiger partial charge in [-0.15, -0.1) is 11.8 Å². The third-order valence-corrected chi connectivity index (χ3v) is 6.35. The molecule has 0 radical (unpaired) electrons. The van der Waals surface area contributed by atoms with E-state index in [1.807, 2.05) is 56.3 Å². The SMILES string of the molecule is Cc1ccc(C)c(N([C@@H](C)C(=O)NCCSc2ccccc2)S(C)(=O)=O)c1. The van der Waals surface area contributed by atoms with Crippen molar-refractivity contribution in [2.75, 3.05) is 22.9 Å². The molecule has 0 aromatic heterocycles. The maximum Gasteiger partial charge on any atom is 0.243 e. The first-order valence-electron chi connectivity index (χ1n) is 8.72. The molecule has 0 spiro atoms. The average molecular weight is 407 g/mol. The minimum atomic E-state index is -3.61. The molecule has 1 N–H and O–H groups in total. The molecule has 1 atom stereocenters. The third-order valence-electron chi connectivity index (χ3n) is 4.10. The first-order chi connectivity index (χ1) is 12.7. The quantitative estimate of drug-likeness (QED) is 0.539. The number of benzene rings is 2. The van der Waals surface area contributed by atoms with Crippen molar-refractivity contribution in [2.24, 2.45) is 0 Å². The summed E-state index contributed by atoms with van der Waals surface area (Å²) in [4.78, 5) is 13.7. The highest BCUT2D eigenvalue weighted by Crippen LogP contribution is 2.26. The van der Waals surface area contributed by atoms with Gasteiger partial charge in [0.05, 0.1) is 11.9 Å². The molecule has 2 rings (SSSR count). The zero-order valence-electron chi connectivity index (χ0n) is 16.1. The molecule has 0 bridgehead atoms. The van der Waals surface area contributed by atoms with Crippen molar-refractivity contribution in [1.82, 2.24) is 5.32 Å². The van der Waals surface area contributed by atoms with Gasteiger partial charge in [0, 0.05) is 17.2 Å². The Balaban J connectivity index is 2.05. The summed E-state index contributed by atoms with van der Waals surface area (Å²) in [5.74, 6) is 0.403. The van der Waals surface area contributed by atoms with Gasteiger partial charge < -0.3 is 5.32 Å². The van der Waals surface area contributed by atoms with Crippen molar-refractivity contribution >= 4 is 33.4 Å². The molecule has 0 unspecified atom stereocenters. The van der Waals surface area contributed by atoms with Crippen LogP contribution in [-0.4, -0.2) is 38.9 Å². The van der Waals surface area contributed by atoms with Crippen LogP contribution in [0.2, 0.25) is 0 Å². The number of nitrogens with one attached hydrogen (secondary N) is 1. The molecule has 0 aliphatic rings. The minimum Gasteiger partial charge on any atom is -0.353 e. The lowest BCUT2D eigenvalue weighted by molar-refractivity contribution is -0.121. The first-order valence-corrected chi connectivity index (χ1v) is 11.6. The number of aryl methyl sites for hydroxylation is 2. The predicted molar refractivity (Wildman–Crippen MR) is 113 cm³/mol. The lowest BCUT2D eigenvalue weighted by Gasteiger charge is -2.29. The number of hydrogen-bond donors (Lipinski definition) is 1. The normalized spacial score (nSPS) is 12.4. The number of carbonyl (C=O) groups excluding carboxylic acids is 1. The van der Waals surface area contributed by atoms with E-state index in [0.29, 0.717) is 18.0 Å². The lowest BCUT2D eigenvalue weighted by atomic mass is 10.1. The number of sulfonamides is 1. The molecule has 0 saturated carbocycles. The van der Waals surface area contributed by atoms with E-state index < -0.39 is 16.1 Å². The van der Waals surface area contributed by atoms with Crippen LogP contribution in [0.25, 0.3) is 0 Å². The van der Waals surface area contributed by atoms with Crippen LogP contribution in [0.4, 0.5) is 5.69 Å². The molecule has 0 aliphatic carbocycles. The fraction of sp³-hybridized carbons (Fsp3) is 0.350. The number of amides is 1. The Labute approximate surface area is 166 Å². The Hall–Kier alpha value is -1.99. The Morgan fingerprint density at radius 1 is 1.15 bits per heavy atom. The Kier molecular flexibility index (Phi) is 7.33. The Morgan fingerprint density at radius 2 is 1.81 bits per heavy atom. The number of nitrogens with zero attached hydrogens (tertiary/aromatic N) is 1. The molecule has 1 amide bonds. The summed E-state index contributed by atoms with van der Waals surface area (Å²) < 4.78 is 26.0. The lowest BCUT2D eigenvalue weighted by Crippen LogP contribution is -2.48. The molecular weight excluding hydrogens is 380 g/mol. The average Bonchev–Trinajstić information content (AvgIpc) is 2.61. The van der Waals surface area contributed by atoms with Gasteiger partial charge >= 0.3 is 0 Å². The van der Waals surface area contributed by atoms with Crippen LogP contribution in [0.3, 0.4) is 0 Å². The molecular formula is C20H26N2O3S2. The van der Waals surface area contributed by atoms with Gasteiger partial charge in [0.25, 0.3) is 0 Å². The van der Waals surface area contributed by atoms with Crippen molar-refractivity contribution in [1.29, 1.82) is 0 Å². The number of hydrogen-bond acceptors (Lipinski definition) is 4. The van der Waals surface area contributed by atoms with Gasteiger partial charge in [0.1, 0.15) is 6.04 Å². The van der Waals surface area contributed by atoms with Gasteiger partial charge in [-0.1, -0.05) is 30.3 Å². The van der Waals surface area contributed by atoms with Crippen LogP contribution in [0.1, 0.15) is 18.1 Å². The van der Waals surface area contributed by atoms with Crippen molar-refractivity contribution in [3.8, 4) is 0 Å². The van der Waals surface area contributed by atoms with Crippen LogP contribution in [0.5, 0.6) is 0 Å². The summed E-state index contributed by atoms with van der Waals surface area (Å²) in [5, 5.41) is 2.84.